The van der Waals surface area contributed by atoms with E-state index in [2.05, 4.69) is 5.32 Å². The molecule has 0 unspecified atom stereocenters. The molecule has 0 bridgehead atoms. The van der Waals surface area contributed by atoms with Gasteiger partial charge in [-0.05, 0) is 32.2 Å². The van der Waals surface area contributed by atoms with Gasteiger partial charge in [-0.15, -0.1) is 0 Å². The number of aliphatic hydroxyl groups excluding tert-OH is 1. The summed E-state index contributed by atoms with van der Waals surface area (Å²) < 4.78 is 5.45. The number of ether oxygens (including phenoxy) is 1. The smallest absolute Gasteiger partial charge is 0.0690 e. The van der Waals surface area contributed by atoms with Gasteiger partial charge in [0.1, 0.15) is 0 Å². The molecule has 1 saturated carbocycles. The minimum absolute atomic E-state index is 0.169. The van der Waals surface area contributed by atoms with Gasteiger partial charge >= 0.3 is 0 Å². The van der Waals surface area contributed by atoms with E-state index >= 15 is 0 Å². The first kappa shape index (κ1) is 9.96. The first-order valence-corrected chi connectivity index (χ1v) is 4.70. The lowest BCUT2D eigenvalue weighted by Gasteiger charge is -2.40. The van der Waals surface area contributed by atoms with Crippen LogP contribution in [0.15, 0.2) is 0 Å². The Morgan fingerprint density at radius 1 is 1.42 bits per heavy atom. The molecule has 0 saturated heterocycles. The van der Waals surface area contributed by atoms with E-state index < -0.39 is 0 Å². The van der Waals surface area contributed by atoms with Crippen LogP contribution in [0, 0.1) is 0 Å². The minimum Gasteiger partial charge on any atom is -0.395 e. The fraction of sp³-hybridized carbons (Fsp3) is 1.00. The normalized spacial score (nSPS) is 20.5. The second kappa shape index (κ2) is 4.80. The molecule has 0 heterocycles. The Morgan fingerprint density at radius 3 is 2.58 bits per heavy atom. The number of aliphatic hydroxyl groups is 1. The predicted molar refractivity (Wildman–Crippen MR) is 48.2 cm³/mol. The monoisotopic (exact) mass is 173 g/mol. The molecular weight excluding hydrogens is 154 g/mol. The van der Waals surface area contributed by atoms with E-state index in [0.717, 1.165) is 13.0 Å². The summed E-state index contributed by atoms with van der Waals surface area (Å²) in [5.41, 5.74) is 0.169. The standard InChI is InChI=1S/C9H19NO2/c1-12-9(3-2-4-9)5-6-10-7-8-11/h10-11H,2-8H2,1H3. The highest BCUT2D eigenvalue weighted by molar-refractivity contribution is 4.89. The van der Waals surface area contributed by atoms with E-state index in [4.69, 9.17) is 9.84 Å². The second-order valence-electron chi connectivity index (χ2n) is 3.46. The molecule has 12 heavy (non-hydrogen) atoms. The summed E-state index contributed by atoms with van der Waals surface area (Å²) >= 11 is 0. The summed E-state index contributed by atoms with van der Waals surface area (Å²) in [6, 6.07) is 0. The quantitative estimate of drug-likeness (QED) is 0.576. The first-order valence-electron chi connectivity index (χ1n) is 4.70. The van der Waals surface area contributed by atoms with E-state index in [9.17, 15) is 0 Å². The molecule has 0 aliphatic heterocycles. The Labute approximate surface area is 74.1 Å². The molecule has 3 nitrogen and oxygen atoms in total. The maximum absolute atomic E-state index is 8.53. The van der Waals surface area contributed by atoms with Crippen molar-refractivity contribution in [1.29, 1.82) is 0 Å². The number of nitrogens with one attached hydrogen (secondary N) is 1. The highest BCUT2D eigenvalue weighted by Crippen LogP contribution is 2.37. The molecule has 0 aromatic rings. The molecule has 0 spiro atoms. The molecule has 0 aromatic carbocycles. The van der Waals surface area contributed by atoms with Crippen LogP contribution in [0.1, 0.15) is 25.7 Å². The lowest BCUT2D eigenvalue weighted by atomic mass is 9.77. The average Bonchev–Trinajstić information content (AvgIpc) is 2.02. The molecule has 0 radical (unpaired) electrons. The lowest BCUT2D eigenvalue weighted by molar-refractivity contribution is -0.0768. The van der Waals surface area contributed by atoms with Crippen molar-refractivity contribution in [3.05, 3.63) is 0 Å². The number of hydrogen-bond acceptors (Lipinski definition) is 3. The van der Waals surface area contributed by atoms with Crippen LogP contribution < -0.4 is 5.32 Å². The van der Waals surface area contributed by atoms with Gasteiger partial charge in [-0.3, -0.25) is 0 Å². The highest BCUT2D eigenvalue weighted by Gasteiger charge is 2.35. The molecule has 0 amide bonds. The molecule has 0 aromatic heterocycles. The second-order valence-corrected chi connectivity index (χ2v) is 3.46. The van der Waals surface area contributed by atoms with Gasteiger partial charge in [-0.1, -0.05) is 0 Å². The maximum atomic E-state index is 8.53. The number of methoxy groups -OCH3 is 1. The van der Waals surface area contributed by atoms with Crippen molar-refractivity contribution < 1.29 is 9.84 Å². The van der Waals surface area contributed by atoms with Gasteiger partial charge in [-0.25, -0.2) is 0 Å². The van der Waals surface area contributed by atoms with E-state index in [-0.39, 0.29) is 12.2 Å². The lowest BCUT2D eigenvalue weighted by Crippen LogP contribution is -2.41. The molecule has 2 N–H and O–H groups in total. The van der Waals surface area contributed by atoms with E-state index in [0.29, 0.717) is 6.54 Å². The zero-order chi connectivity index (χ0) is 8.86. The van der Waals surface area contributed by atoms with E-state index in [1.54, 1.807) is 7.11 Å². The van der Waals surface area contributed by atoms with Gasteiger partial charge in [0.25, 0.3) is 0 Å². The third-order valence-electron chi connectivity index (χ3n) is 2.74. The van der Waals surface area contributed by atoms with Crippen molar-refractivity contribution in [3.63, 3.8) is 0 Å². The molecule has 1 aliphatic rings. The van der Waals surface area contributed by atoms with Crippen LogP contribution in [0.4, 0.5) is 0 Å². The predicted octanol–water partition coefficient (Wildman–Crippen LogP) is 0.527. The Balaban J connectivity index is 2.04. The van der Waals surface area contributed by atoms with Crippen molar-refractivity contribution in [3.8, 4) is 0 Å². The SMILES string of the molecule is COC1(CCNCCO)CCC1. The average molecular weight is 173 g/mol. The first-order chi connectivity index (χ1) is 5.83. The van der Waals surface area contributed by atoms with Crippen molar-refractivity contribution >= 4 is 0 Å². The molecule has 72 valence electrons. The third-order valence-corrected chi connectivity index (χ3v) is 2.74. The number of hydrogen-bond donors (Lipinski definition) is 2. The fourth-order valence-corrected chi connectivity index (χ4v) is 1.65. The highest BCUT2D eigenvalue weighted by atomic mass is 16.5. The van der Waals surface area contributed by atoms with Crippen molar-refractivity contribution in [2.75, 3.05) is 26.8 Å². The van der Waals surface area contributed by atoms with E-state index in [1.807, 2.05) is 0 Å². The maximum Gasteiger partial charge on any atom is 0.0690 e. The van der Waals surface area contributed by atoms with Crippen LogP contribution in [0.5, 0.6) is 0 Å². The molecule has 1 aliphatic carbocycles. The summed E-state index contributed by atoms with van der Waals surface area (Å²) in [5, 5.41) is 11.7. The Bertz CT molecular complexity index is 118. The molecule has 1 fully saturated rings. The third kappa shape index (κ3) is 2.44. The van der Waals surface area contributed by atoms with Gasteiger partial charge in [0.15, 0.2) is 0 Å². The van der Waals surface area contributed by atoms with Gasteiger partial charge in [-0.2, -0.15) is 0 Å². The summed E-state index contributed by atoms with van der Waals surface area (Å²) in [6.07, 6.45) is 4.77. The largest absolute Gasteiger partial charge is 0.395 e. The van der Waals surface area contributed by atoms with Crippen LogP contribution in [0.3, 0.4) is 0 Å². The summed E-state index contributed by atoms with van der Waals surface area (Å²) in [5.74, 6) is 0. The van der Waals surface area contributed by atoms with E-state index in [1.165, 1.54) is 19.3 Å². The summed E-state index contributed by atoms with van der Waals surface area (Å²) in [6.45, 7) is 1.87. The summed E-state index contributed by atoms with van der Waals surface area (Å²) in [4.78, 5) is 0. The zero-order valence-corrected chi connectivity index (χ0v) is 7.81. The van der Waals surface area contributed by atoms with Crippen LogP contribution >= 0.6 is 0 Å². The topological polar surface area (TPSA) is 41.5 Å². The van der Waals surface area contributed by atoms with Gasteiger partial charge in [0.05, 0.1) is 12.2 Å². The van der Waals surface area contributed by atoms with Crippen molar-refractivity contribution in [1.82, 2.24) is 5.32 Å². The van der Waals surface area contributed by atoms with Crippen LogP contribution in [-0.4, -0.2) is 37.5 Å². The summed E-state index contributed by atoms with van der Waals surface area (Å²) in [7, 11) is 1.80. The van der Waals surface area contributed by atoms with Gasteiger partial charge in [0, 0.05) is 13.7 Å². The zero-order valence-electron chi connectivity index (χ0n) is 7.81. The Morgan fingerprint density at radius 2 is 2.17 bits per heavy atom. The molecular formula is C9H19NO2. The molecule has 0 atom stereocenters. The van der Waals surface area contributed by atoms with Crippen LogP contribution in [0.2, 0.25) is 0 Å². The van der Waals surface area contributed by atoms with Crippen LogP contribution in [-0.2, 0) is 4.74 Å². The molecule has 3 heteroatoms. The minimum atomic E-state index is 0.169. The number of rotatable bonds is 6. The molecule has 1 rings (SSSR count). The van der Waals surface area contributed by atoms with Crippen molar-refractivity contribution in [2.24, 2.45) is 0 Å². The van der Waals surface area contributed by atoms with Gasteiger partial charge < -0.3 is 15.2 Å². The Hall–Kier alpha value is -0.120. The Kier molecular flexibility index (Phi) is 3.98. The van der Waals surface area contributed by atoms with Gasteiger partial charge in [0.2, 0.25) is 0 Å². The van der Waals surface area contributed by atoms with Crippen LogP contribution in [0.25, 0.3) is 0 Å². The van der Waals surface area contributed by atoms with Crippen molar-refractivity contribution in [2.45, 2.75) is 31.3 Å². The fourth-order valence-electron chi connectivity index (χ4n) is 1.65.